The first kappa shape index (κ1) is 13.5. The molecule has 2 N–H and O–H groups in total. The highest BCUT2D eigenvalue weighted by Gasteiger charge is 2.15. The minimum Gasteiger partial charge on any atom is -0.394 e. The topological polar surface area (TPSA) is 49.3 Å². The Kier molecular flexibility index (Phi) is 4.73. The van der Waals surface area contributed by atoms with Crippen LogP contribution in [0.1, 0.15) is 22.0 Å². The molecule has 0 aliphatic rings. The van der Waals surface area contributed by atoms with Crippen LogP contribution in [-0.4, -0.2) is 17.6 Å². The third kappa shape index (κ3) is 3.30. The van der Waals surface area contributed by atoms with Crippen molar-refractivity contribution in [1.82, 2.24) is 5.32 Å². The summed E-state index contributed by atoms with van der Waals surface area (Å²) in [6.45, 7) is -0.114. The lowest BCUT2D eigenvalue weighted by Gasteiger charge is -2.16. The van der Waals surface area contributed by atoms with Gasteiger partial charge in [-0.2, -0.15) is 0 Å². The molecule has 0 unspecified atom stereocenters. The van der Waals surface area contributed by atoms with Crippen molar-refractivity contribution in [2.24, 2.45) is 0 Å². The molecule has 5 heteroatoms. The fraction of sp³-hybridized carbons (Fsp3) is 0.154. The maximum atomic E-state index is 12.0. The highest BCUT2D eigenvalue weighted by Crippen LogP contribution is 2.18. The van der Waals surface area contributed by atoms with Gasteiger partial charge in [0.2, 0.25) is 0 Å². The van der Waals surface area contributed by atoms with Crippen molar-refractivity contribution >= 4 is 39.8 Å². The Balaban J connectivity index is 2.10. The van der Waals surface area contributed by atoms with E-state index < -0.39 is 0 Å². The van der Waals surface area contributed by atoms with Crippen LogP contribution in [0.4, 0.5) is 0 Å². The number of nitrogens with one attached hydrogen (secondary N) is 1. The Labute approximate surface area is 123 Å². The van der Waals surface area contributed by atoms with Crippen LogP contribution in [0.25, 0.3) is 0 Å². The summed E-state index contributed by atoms with van der Waals surface area (Å²) in [5.74, 6) is -0.155. The molecule has 18 heavy (non-hydrogen) atoms. The minimum absolute atomic E-state index is 0.114. The van der Waals surface area contributed by atoms with Gasteiger partial charge in [0.1, 0.15) is 0 Å². The second kappa shape index (κ2) is 6.31. The SMILES string of the molecule is O=C(N[C@H](CO)c1ccccc1)c1csc(I)c1. The molecule has 1 atom stereocenters. The van der Waals surface area contributed by atoms with Gasteiger partial charge in [-0.25, -0.2) is 0 Å². The third-order valence-corrected chi connectivity index (χ3v) is 4.31. The van der Waals surface area contributed by atoms with Crippen molar-refractivity contribution in [3.8, 4) is 0 Å². The zero-order valence-electron chi connectivity index (χ0n) is 9.47. The zero-order valence-corrected chi connectivity index (χ0v) is 12.4. The maximum absolute atomic E-state index is 12.0. The van der Waals surface area contributed by atoms with Gasteiger partial charge in [-0.3, -0.25) is 4.79 Å². The van der Waals surface area contributed by atoms with Crippen molar-refractivity contribution in [1.29, 1.82) is 0 Å². The fourth-order valence-electron chi connectivity index (χ4n) is 1.59. The molecular formula is C13H12INO2S. The lowest BCUT2D eigenvalue weighted by atomic mass is 10.1. The van der Waals surface area contributed by atoms with Crippen LogP contribution in [0.3, 0.4) is 0 Å². The number of halogens is 1. The van der Waals surface area contributed by atoms with Gasteiger partial charge in [-0.05, 0) is 34.2 Å². The predicted molar refractivity (Wildman–Crippen MR) is 80.8 cm³/mol. The van der Waals surface area contributed by atoms with Crippen molar-refractivity contribution in [2.45, 2.75) is 6.04 Å². The Bertz CT molecular complexity index is 527. The molecule has 3 nitrogen and oxygen atoms in total. The number of hydrogen-bond acceptors (Lipinski definition) is 3. The maximum Gasteiger partial charge on any atom is 0.252 e. The molecule has 2 aromatic rings. The summed E-state index contributed by atoms with van der Waals surface area (Å²) in [5.41, 5.74) is 1.54. The van der Waals surface area contributed by atoms with Crippen LogP contribution in [0.5, 0.6) is 0 Å². The monoisotopic (exact) mass is 373 g/mol. The molecule has 0 aliphatic heterocycles. The van der Waals surface area contributed by atoms with E-state index in [4.69, 9.17) is 0 Å². The number of thiophene rings is 1. The van der Waals surface area contributed by atoms with Crippen LogP contribution in [-0.2, 0) is 0 Å². The van der Waals surface area contributed by atoms with Crippen molar-refractivity contribution in [2.75, 3.05) is 6.61 Å². The zero-order chi connectivity index (χ0) is 13.0. The molecule has 0 spiro atoms. The first-order valence-corrected chi connectivity index (χ1v) is 7.37. The van der Waals surface area contributed by atoms with Crippen molar-refractivity contribution < 1.29 is 9.90 Å². The first-order valence-electron chi connectivity index (χ1n) is 5.41. The molecule has 0 saturated carbocycles. The Morgan fingerprint density at radius 3 is 2.67 bits per heavy atom. The molecule has 0 radical (unpaired) electrons. The molecule has 1 heterocycles. The van der Waals surface area contributed by atoms with E-state index in [2.05, 4.69) is 27.9 Å². The summed E-state index contributed by atoms with van der Waals surface area (Å²) in [7, 11) is 0. The van der Waals surface area contributed by atoms with Crippen LogP contribution in [0.2, 0.25) is 0 Å². The Morgan fingerprint density at radius 1 is 1.39 bits per heavy atom. The van der Waals surface area contributed by atoms with E-state index in [9.17, 15) is 9.90 Å². The average molecular weight is 373 g/mol. The number of carbonyl (C=O) groups is 1. The van der Waals surface area contributed by atoms with Crippen LogP contribution >= 0.6 is 33.9 Å². The summed E-state index contributed by atoms with van der Waals surface area (Å²) in [5, 5.41) is 14.0. The summed E-state index contributed by atoms with van der Waals surface area (Å²) in [6, 6.07) is 10.9. The molecule has 0 saturated heterocycles. The molecule has 0 bridgehead atoms. The Morgan fingerprint density at radius 2 is 2.11 bits per heavy atom. The summed E-state index contributed by atoms with van der Waals surface area (Å²) < 4.78 is 1.07. The summed E-state index contributed by atoms with van der Waals surface area (Å²) in [6.07, 6.45) is 0. The fourth-order valence-corrected chi connectivity index (χ4v) is 2.92. The highest BCUT2D eigenvalue weighted by atomic mass is 127. The molecule has 2 rings (SSSR count). The number of rotatable bonds is 4. The second-order valence-corrected chi connectivity index (χ2v) is 6.56. The number of hydrogen-bond donors (Lipinski definition) is 2. The van der Waals surface area contributed by atoms with Gasteiger partial charge < -0.3 is 10.4 Å². The second-order valence-electron chi connectivity index (χ2n) is 3.76. The van der Waals surface area contributed by atoms with Gasteiger partial charge in [0.05, 0.1) is 21.1 Å². The van der Waals surface area contributed by atoms with Gasteiger partial charge in [0.15, 0.2) is 0 Å². The molecule has 0 aliphatic carbocycles. The first-order chi connectivity index (χ1) is 8.70. The van der Waals surface area contributed by atoms with Gasteiger partial charge in [0, 0.05) is 5.38 Å². The highest BCUT2D eigenvalue weighted by molar-refractivity contribution is 14.1. The third-order valence-electron chi connectivity index (χ3n) is 2.52. The molecule has 1 aromatic heterocycles. The van der Waals surface area contributed by atoms with E-state index in [0.717, 1.165) is 8.45 Å². The molecule has 94 valence electrons. The van der Waals surface area contributed by atoms with Gasteiger partial charge >= 0.3 is 0 Å². The quantitative estimate of drug-likeness (QED) is 0.810. The summed E-state index contributed by atoms with van der Waals surface area (Å²) >= 11 is 3.70. The summed E-state index contributed by atoms with van der Waals surface area (Å²) in [4.78, 5) is 12.0. The van der Waals surface area contributed by atoms with E-state index in [1.165, 1.54) is 11.3 Å². The molecule has 1 amide bonds. The van der Waals surface area contributed by atoms with Crippen LogP contribution < -0.4 is 5.32 Å². The largest absolute Gasteiger partial charge is 0.394 e. The van der Waals surface area contributed by atoms with Gasteiger partial charge in [0.25, 0.3) is 5.91 Å². The van der Waals surface area contributed by atoms with Crippen LogP contribution in [0, 0.1) is 2.88 Å². The van der Waals surface area contributed by atoms with Crippen molar-refractivity contribution in [3.05, 3.63) is 55.8 Å². The number of amides is 1. The predicted octanol–water partition coefficient (Wildman–Crippen LogP) is 2.82. The van der Waals surface area contributed by atoms with E-state index in [-0.39, 0.29) is 18.6 Å². The van der Waals surface area contributed by atoms with E-state index >= 15 is 0 Å². The van der Waals surface area contributed by atoms with Gasteiger partial charge in [-0.15, -0.1) is 11.3 Å². The molecule has 0 fully saturated rings. The van der Waals surface area contributed by atoms with Crippen LogP contribution in [0.15, 0.2) is 41.8 Å². The van der Waals surface area contributed by atoms with Crippen molar-refractivity contribution in [3.63, 3.8) is 0 Å². The van der Waals surface area contributed by atoms with Gasteiger partial charge in [-0.1, -0.05) is 30.3 Å². The normalized spacial score (nSPS) is 12.1. The van der Waals surface area contributed by atoms with E-state index in [1.807, 2.05) is 41.8 Å². The van der Waals surface area contributed by atoms with E-state index in [1.54, 1.807) is 0 Å². The molecular weight excluding hydrogens is 361 g/mol. The average Bonchev–Trinajstić information content (AvgIpc) is 2.83. The standard InChI is InChI=1S/C13H12INO2S/c14-12-6-10(8-18-12)13(17)15-11(7-16)9-4-2-1-3-5-9/h1-6,8,11,16H,7H2,(H,15,17)/t11-/m1/s1. The number of aliphatic hydroxyl groups excluding tert-OH is 1. The number of carbonyl (C=O) groups excluding carboxylic acids is 1. The Hall–Kier alpha value is -0.920. The molecule has 1 aromatic carbocycles. The number of aliphatic hydroxyl groups is 1. The minimum atomic E-state index is -0.365. The smallest absolute Gasteiger partial charge is 0.252 e. The number of benzene rings is 1. The lowest BCUT2D eigenvalue weighted by Crippen LogP contribution is -2.30. The van der Waals surface area contributed by atoms with E-state index in [0.29, 0.717) is 5.56 Å². The lowest BCUT2D eigenvalue weighted by molar-refractivity contribution is 0.0916.